The van der Waals surface area contributed by atoms with Crippen LogP contribution in [-0.2, 0) is 9.53 Å². The van der Waals surface area contributed by atoms with Gasteiger partial charge in [-0.3, -0.25) is 9.59 Å². The summed E-state index contributed by atoms with van der Waals surface area (Å²) in [6.45, 7) is 4.41. The maximum absolute atomic E-state index is 12.2. The summed E-state index contributed by atoms with van der Waals surface area (Å²) in [4.78, 5) is 40.6. The van der Waals surface area contributed by atoms with Crippen LogP contribution in [0.5, 0.6) is 0 Å². The minimum Gasteiger partial charge on any atom is -0.451 e. The number of aryl methyl sites for hydroxylation is 1. The van der Waals surface area contributed by atoms with Crippen LogP contribution in [0.4, 0.5) is 11.4 Å². The van der Waals surface area contributed by atoms with E-state index in [0.29, 0.717) is 22.5 Å². The molecule has 0 aliphatic rings. The molecule has 0 unspecified atom stereocenters. The van der Waals surface area contributed by atoms with Gasteiger partial charge in [0, 0.05) is 36.7 Å². The molecular formula is C19H23N3O4. The number of ether oxygens (including phenoxy) is 1. The summed E-state index contributed by atoms with van der Waals surface area (Å²) in [6, 6.07) is 7.28. The molecule has 2 N–H and O–H groups in total. The Labute approximate surface area is 152 Å². The second-order valence-electron chi connectivity index (χ2n) is 6.25. The molecule has 1 aromatic carbocycles. The first-order chi connectivity index (χ1) is 12.2. The smallest absolute Gasteiger partial charge is 0.355 e. The van der Waals surface area contributed by atoms with Crippen molar-refractivity contribution in [2.75, 3.05) is 30.9 Å². The van der Waals surface area contributed by atoms with E-state index >= 15 is 0 Å². The number of benzene rings is 1. The van der Waals surface area contributed by atoms with Gasteiger partial charge in [-0.2, -0.15) is 0 Å². The highest BCUT2D eigenvalue weighted by Gasteiger charge is 2.21. The second kappa shape index (κ2) is 7.86. The van der Waals surface area contributed by atoms with Crippen LogP contribution >= 0.6 is 0 Å². The molecule has 1 aromatic heterocycles. The average molecular weight is 357 g/mol. The first-order valence-electron chi connectivity index (χ1n) is 8.15. The average Bonchev–Trinajstić information content (AvgIpc) is 2.87. The SMILES string of the molecule is CC(=O)c1c(C)[nH]c(C(=O)OCC(=O)Nc2ccc(N(C)C)cc2)c1C. The number of H-pyrrole nitrogens is 1. The van der Waals surface area contributed by atoms with Crippen LogP contribution < -0.4 is 10.2 Å². The van der Waals surface area contributed by atoms with Crippen LogP contribution in [0.25, 0.3) is 0 Å². The summed E-state index contributed by atoms with van der Waals surface area (Å²) in [7, 11) is 3.85. The summed E-state index contributed by atoms with van der Waals surface area (Å²) < 4.78 is 5.05. The fourth-order valence-corrected chi connectivity index (χ4v) is 2.73. The molecule has 7 nitrogen and oxygen atoms in total. The lowest BCUT2D eigenvalue weighted by Crippen LogP contribution is -2.21. The summed E-state index contributed by atoms with van der Waals surface area (Å²) >= 11 is 0. The van der Waals surface area contributed by atoms with Crippen molar-refractivity contribution in [2.45, 2.75) is 20.8 Å². The zero-order valence-corrected chi connectivity index (χ0v) is 15.6. The molecular weight excluding hydrogens is 334 g/mol. The van der Waals surface area contributed by atoms with E-state index in [1.165, 1.54) is 6.92 Å². The number of nitrogens with one attached hydrogen (secondary N) is 2. The van der Waals surface area contributed by atoms with Crippen LogP contribution in [0, 0.1) is 13.8 Å². The Morgan fingerprint density at radius 1 is 1.12 bits per heavy atom. The first-order valence-corrected chi connectivity index (χ1v) is 8.15. The number of aromatic nitrogens is 1. The van der Waals surface area contributed by atoms with E-state index in [4.69, 9.17) is 4.74 Å². The largest absolute Gasteiger partial charge is 0.451 e. The van der Waals surface area contributed by atoms with E-state index < -0.39 is 18.5 Å². The highest BCUT2D eigenvalue weighted by molar-refractivity contribution is 6.01. The van der Waals surface area contributed by atoms with Crippen molar-refractivity contribution in [3.8, 4) is 0 Å². The van der Waals surface area contributed by atoms with Crippen LogP contribution in [0.1, 0.15) is 39.0 Å². The van der Waals surface area contributed by atoms with Crippen LogP contribution in [0.15, 0.2) is 24.3 Å². The number of anilines is 2. The Kier molecular flexibility index (Phi) is 5.82. The lowest BCUT2D eigenvalue weighted by atomic mass is 10.1. The highest BCUT2D eigenvalue weighted by atomic mass is 16.5. The van der Waals surface area contributed by atoms with Gasteiger partial charge in [0.1, 0.15) is 5.69 Å². The molecule has 0 bridgehead atoms. The Morgan fingerprint density at radius 2 is 1.73 bits per heavy atom. The van der Waals surface area contributed by atoms with Gasteiger partial charge in [-0.15, -0.1) is 0 Å². The predicted octanol–water partition coefficient (Wildman–Crippen LogP) is 2.70. The molecule has 138 valence electrons. The second-order valence-corrected chi connectivity index (χ2v) is 6.25. The van der Waals surface area contributed by atoms with Gasteiger partial charge in [0.05, 0.1) is 0 Å². The van der Waals surface area contributed by atoms with Crippen molar-refractivity contribution < 1.29 is 19.1 Å². The molecule has 0 radical (unpaired) electrons. The van der Waals surface area contributed by atoms with Crippen molar-refractivity contribution in [3.63, 3.8) is 0 Å². The number of carbonyl (C=O) groups excluding carboxylic acids is 3. The van der Waals surface area contributed by atoms with Gasteiger partial charge in [0.15, 0.2) is 12.4 Å². The summed E-state index contributed by atoms with van der Waals surface area (Å²) in [5, 5.41) is 2.67. The molecule has 26 heavy (non-hydrogen) atoms. The predicted molar refractivity (Wildman–Crippen MR) is 100.0 cm³/mol. The zero-order valence-electron chi connectivity index (χ0n) is 15.6. The Morgan fingerprint density at radius 3 is 2.23 bits per heavy atom. The fourth-order valence-electron chi connectivity index (χ4n) is 2.73. The number of esters is 1. The number of amides is 1. The van der Waals surface area contributed by atoms with Crippen molar-refractivity contribution in [3.05, 3.63) is 46.8 Å². The zero-order chi connectivity index (χ0) is 19.4. The minimum atomic E-state index is -0.670. The van der Waals surface area contributed by atoms with E-state index in [9.17, 15) is 14.4 Å². The number of hydrogen-bond acceptors (Lipinski definition) is 5. The van der Waals surface area contributed by atoms with Gasteiger partial charge in [0.2, 0.25) is 0 Å². The monoisotopic (exact) mass is 357 g/mol. The third kappa shape index (κ3) is 4.30. The van der Waals surface area contributed by atoms with E-state index in [1.54, 1.807) is 26.0 Å². The number of ketones is 1. The van der Waals surface area contributed by atoms with Gasteiger partial charge >= 0.3 is 5.97 Å². The van der Waals surface area contributed by atoms with E-state index in [0.717, 1.165) is 5.69 Å². The normalized spacial score (nSPS) is 10.3. The standard InChI is InChI=1S/C19H23N3O4/c1-11-17(13(3)23)12(2)20-18(11)19(25)26-10-16(24)21-14-6-8-15(9-7-14)22(4)5/h6-9,20H,10H2,1-5H3,(H,21,24). The van der Waals surface area contributed by atoms with E-state index in [2.05, 4.69) is 10.3 Å². The quantitative estimate of drug-likeness (QED) is 0.613. The molecule has 0 spiro atoms. The van der Waals surface area contributed by atoms with E-state index in [1.807, 2.05) is 31.1 Å². The molecule has 1 amide bonds. The number of rotatable bonds is 6. The van der Waals surface area contributed by atoms with Crippen molar-refractivity contribution >= 4 is 29.0 Å². The molecule has 0 saturated heterocycles. The van der Waals surface area contributed by atoms with Crippen LogP contribution in [-0.4, -0.2) is 43.3 Å². The van der Waals surface area contributed by atoms with Gasteiger partial charge in [0.25, 0.3) is 5.91 Å². The first kappa shape index (κ1) is 19.2. The third-order valence-corrected chi connectivity index (χ3v) is 4.00. The highest BCUT2D eigenvalue weighted by Crippen LogP contribution is 2.19. The summed E-state index contributed by atoms with van der Waals surface area (Å²) in [5.74, 6) is -1.24. The molecule has 7 heteroatoms. The summed E-state index contributed by atoms with van der Waals surface area (Å²) in [5.41, 5.74) is 3.42. The minimum absolute atomic E-state index is 0.130. The molecule has 0 fully saturated rings. The Hall–Kier alpha value is -3.09. The third-order valence-electron chi connectivity index (χ3n) is 4.00. The van der Waals surface area contributed by atoms with Crippen LogP contribution in [0.2, 0.25) is 0 Å². The van der Waals surface area contributed by atoms with Crippen molar-refractivity contribution in [1.29, 1.82) is 0 Å². The molecule has 1 heterocycles. The van der Waals surface area contributed by atoms with E-state index in [-0.39, 0.29) is 11.5 Å². The number of aromatic amines is 1. The number of Topliss-reactive ketones (excluding diaryl/α,β-unsaturated/α-hetero) is 1. The van der Waals surface area contributed by atoms with Crippen molar-refractivity contribution in [1.82, 2.24) is 4.98 Å². The Balaban J connectivity index is 1.96. The molecule has 0 aliphatic heterocycles. The van der Waals surface area contributed by atoms with Gasteiger partial charge in [-0.25, -0.2) is 4.79 Å². The fraction of sp³-hybridized carbons (Fsp3) is 0.316. The number of hydrogen-bond donors (Lipinski definition) is 2. The molecule has 0 saturated carbocycles. The van der Waals surface area contributed by atoms with Crippen LogP contribution in [0.3, 0.4) is 0 Å². The molecule has 0 atom stereocenters. The summed E-state index contributed by atoms with van der Waals surface area (Å²) in [6.07, 6.45) is 0. The van der Waals surface area contributed by atoms with Gasteiger partial charge < -0.3 is 19.9 Å². The molecule has 2 aromatic rings. The van der Waals surface area contributed by atoms with Gasteiger partial charge in [-0.05, 0) is 50.6 Å². The Bertz CT molecular complexity index is 835. The maximum atomic E-state index is 12.2. The lowest BCUT2D eigenvalue weighted by molar-refractivity contribution is -0.119. The topological polar surface area (TPSA) is 91.5 Å². The molecule has 2 rings (SSSR count). The number of carbonyl (C=O) groups is 3. The van der Waals surface area contributed by atoms with Crippen molar-refractivity contribution in [2.24, 2.45) is 0 Å². The molecule has 0 aliphatic carbocycles. The van der Waals surface area contributed by atoms with Gasteiger partial charge in [-0.1, -0.05) is 0 Å². The lowest BCUT2D eigenvalue weighted by Gasteiger charge is -2.13. The number of nitrogens with zero attached hydrogens (tertiary/aromatic N) is 1. The maximum Gasteiger partial charge on any atom is 0.355 e.